The topological polar surface area (TPSA) is 12.0 Å². The van der Waals surface area contributed by atoms with E-state index in [0.717, 1.165) is 6.54 Å². The third-order valence-corrected chi connectivity index (χ3v) is 3.59. The van der Waals surface area contributed by atoms with Crippen molar-refractivity contribution in [3.8, 4) is 0 Å². The van der Waals surface area contributed by atoms with Gasteiger partial charge in [0.05, 0.1) is 0 Å². The predicted octanol–water partition coefficient (Wildman–Crippen LogP) is 4.53. The summed E-state index contributed by atoms with van der Waals surface area (Å²) in [6, 6.07) is 2.80. The molecule has 1 heterocycles. The molecule has 0 saturated heterocycles. The van der Waals surface area contributed by atoms with E-state index in [1.807, 2.05) is 11.3 Å². The minimum Gasteiger partial charge on any atom is -0.310 e. The molecule has 0 fully saturated rings. The van der Waals surface area contributed by atoms with E-state index >= 15 is 0 Å². The van der Waals surface area contributed by atoms with Crippen molar-refractivity contribution in [1.82, 2.24) is 5.32 Å². The lowest BCUT2D eigenvalue weighted by Gasteiger charge is -2.27. The molecule has 0 bridgehead atoms. The Morgan fingerprint density at radius 1 is 1.38 bits per heavy atom. The Bertz CT molecular complexity index is 309. The Hall–Kier alpha value is -0.340. The first-order valence-corrected chi connectivity index (χ1v) is 7.09. The van der Waals surface area contributed by atoms with Crippen LogP contribution < -0.4 is 5.32 Å². The van der Waals surface area contributed by atoms with Crippen LogP contribution in [-0.2, 0) is 0 Å². The van der Waals surface area contributed by atoms with Gasteiger partial charge in [-0.15, -0.1) is 11.3 Å². The zero-order chi connectivity index (χ0) is 12.2. The molecule has 1 nitrogen and oxygen atoms in total. The Balaban J connectivity index is 2.75. The smallest absolute Gasteiger partial charge is 0.0336 e. The lowest BCUT2D eigenvalue weighted by atomic mass is 9.85. The Morgan fingerprint density at radius 2 is 2.06 bits per heavy atom. The highest BCUT2D eigenvalue weighted by atomic mass is 32.1. The SMILES string of the molecule is CCCNC(CC(C)(C)C)c1ccsc1C. The minimum absolute atomic E-state index is 0.375. The van der Waals surface area contributed by atoms with E-state index in [1.54, 1.807) is 0 Å². The third kappa shape index (κ3) is 4.26. The Kier molecular flexibility index (Phi) is 5.00. The molecule has 0 aromatic carbocycles. The van der Waals surface area contributed by atoms with Crippen molar-refractivity contribution in [3.05, 3.63) is 21.9 Å². The van der Waals surface area contributed by atoms with Crippen LogP contribution >= 0.6 is 11.3 Å². The number of hydrogen-bond donors (Lipinski definition) is 1. The molecule has 92 valence electrons. The normalized spacial score (nSPS) is 14.1. The van der Waals surface area contributed by atoms with Gasteiger partial charge in [0.1, 0.15) is 0 Å². The number of aryl methyl sites for hydroxylation is 1. The van der Waals surface area contributed by atoms with Gasteiger partial charge < -0.3 is 5.32 Å². The fourth-order valence-electron chi connectivity index (χ4n) is 1.98. The third-order valence-electron chi connectivity index (χ3n) is 2.73. The van der Waals surface area contributed by atoms with Gasteiger partial charge in [0, 0.05) is 10.9 Å². The molecular formula is C14H25NS. The number of thiophene rings is 1. The van der Waals surface area contributed by atoms with E-state index in [4.69, 9.17) is 0 Å². The second-order valence-electron chi connectivity index (χ2n) is 5.70. The molecule has 1 aromatic heterocycles. The summed E-state index contributed by atoms with van der Waals surface area (Å²) < 4.78 is 0. The molecular weight excluding hydrogens is 214 g/mol. The first-order chi connectivity index (χ1) is 7.44. The van der Waals surface area contributed by atoms with E-state index in [0.29, 0.717) is 11.5 Å². The van der Waals surface area contributed by atoms with Crippen molar-refractivity contribution in [2.45, 2.75) is 53.5 Å². The lowest BCUT2D eigenvalue weighted by molar-refractivity contribution is 0.311. The second kappa shape index (κ2) is 5.83. The molecule has 1 atom stereocenters. The van der Waals surface area contributed by atoms with E-state index in [1.165, 1.54) is 23.3 Å². The molecule has 1 N–H and O–H groups in total. The monoisotopic (exact) mass is 239 g/mol. The summed E-state index contributed by atoms with van der Waals surface area (Å²) in [6.07, 6.45) is 2.40. The Morgan fingerprint density at radius 3 is 2.50 bits per heavy atom. The summed E-state index contributed by atoms with van der Waals surface area (Å²) in [5.74, 6) is 0. The van der Waals surface area contributed by atoms with Crippen molar-refractivity contribution in [2.24, 2.45) is 5.41 Å². The van der Waals surface area contributed by atoms with Crippen molar-refractivity contribution < 1.29 is 0 Å². The van der Waals surface area contributed by atoms with Crippen LogP contribution in [0.25, 0.3) is 0 Å². The molecule has 0 radical (unpaired) electrons. The van der Waals surface area contributed by atoms with Crippen molar-refractivity contribution in [1.29, 1.82) is 0 Å². The fourth-order valence-corrected chi connectivity index (χ4v) is 2.74. The van der Waals surface area contributed by atoms with E-state index < -0.39 is 0 Å². The number of nitrogens with one attached hydrogen (secondary N) is 1. The number of rotatable bonds is 5. The van der Waals surface area contributed by atoms with Crippen molar-refractivity contribution >= 4 is 11.3 Å². The Labute approximate surface area is 104 Å². The van der Waals surface area contributed by atoms with Crippen LogP contribution in [0.1, 0.15) is 57.0 Å². The first kappa shape index (κ1) is 13.7. The molecule has 0 aliphatic carbocycles. The molecule has 1 aromatic rings. The molecule has 0 aliphatic rings. The van der Waals surface area contributed by atoms with Crippen LogP contribution in [0.4, 0.5) is 0 Å². The number of hydrogen-bond acceptors (Lipinski definition) is 2. The van der Waals surface area contributed by atoms with Gasteiger partial charge in [0.25, 0.3) is 0 Å². The van der Waals surface area contributed by atoms with Crippen LogP contribution in [0.15, 0.2) is 11.4 Å². The summed E-state index contributed by atoms with van der Waals surface area (Å²) in [5, 5.41) is 5.88. The molecule has 0 aliphatic heterocycles. The van der Waals surface area contributed by atoms with E-state index in [-0.39, 0.29) is 0 Å². The highest BCUT2D eigenvalue weighted by Crippen LogP contribution is 2.32. The van der Waals surface area contributed by atoms with Crippen molar-refractivity contribution in [2.75, 3.05) is 6.54 Å². The molecule has 1 unspecified atom stereocenters. The van der Waals surface area contributed by atoms with Crippen LogP contribution in [0.2, 0.25) is 0 Å². The average Bonchev–Trinajstić information content (AvgIpc) is 2.57. The summed E-state index contributed by atoms with van der Waals surface area (Å²) in [7, 11) is 0. The largest absolute Gasteiger partial charge is 0.310 e. The van der Waals surface area contributed by atoms with Crippen LogP contribution in [0, 0.1) is 12.3 Å². The maximum atomic E-state index is 3.68. The molecule has 1 rings (SSSR count). The second-order valence-corrected chi connectivity index (χ2v) is 6.82. The van der Waals surface area contributed by atoms with Crippen molar-refractivity contribution in [3.63, 3.8) is 0 Å². The van der Waals surface area contributed by atoms with Gasteiger partial charge in [-0.2, -0.15) is 0 Å². The zero-order valence-corrected chi connectivity index (χ0v) is 12.1. The van der Waals surface area contributed by atoms with E-state index in [2.05, 4.69) is 51.4 Å². The van der Waals surface area contributed by atoms with Crippen LogP contribution in [0.3, 0.4) is 0 Å². The van der Waals surface area contributed by atoms with Gasteiger partial charge in [-0.3, -0.25) is 0 Å². The predicted molar refractivity (Wildman–Crippen MR) is 74.2 cm³/mol. The molecule has 0 spiro atoms. The molecule has 16 heavy (non-hydrogen) atoms. The average molecular weight is 239 g/mol. The summed E-state index contributed by atoms with van der Waals surface area (Å²) in [4.78, 5) is 1.46. The van der Waals surface area contributed by atoms with Crippen LogP contribution in [0.5, 0.6) is 0 Å². The minimum atomic E-state index is 0.375. The summed E-state index contributed by atoms with van der Waals surface area (Å²) in [6.45, 7) is 12.5. The summed E-state index contributed by atoms with van der Waals surface area (Å²) in [5.41, 5.74) is 1.87. The fraction of sp³-hybridized carbons (Fsp3) is 0.714. The highest BCUT2D eigenvalue weighted by molar-refractivity contribution is 7.10. The zero-order valence-electron chi connectivity index (χ0n) is 11.3. The molecule has 0 amide bonds. The van der Waals surface area contributed by atoms with Gasteiger partial charge >= 0.3 is 0 Å². The lowest BCUT2D eigenvalue weighted by Crippen LogP contribution is -2.26. The van der Waals surface area contributed by atoms with Gasteiger partial charge in [0.2, 0.25) is 0 Å². The van der Waals surface area contributed by atoms with Gasteiger partial charge in [-0.05, 0) is 48.7 Å². The quantitative estimate of drug-likeness (QED) is 0.796. The maximum absolute atomic E-state index is 3.68. The first-order valence-electron chi connectivity index (χ1n) is 6.21. The standard InChI is InChI=1S/C14H25NS/c1-6-8-15-13(10-14(3,4)5)12-7-9-16-11(12)2/h7,9,13,15H,6,8,10H2,1-5H3. The molecule has 0 saturated carbocycles. The van der Waals surface area contributed by atoms with Crippen LogP contribution in [-0.4, -0.2) is 6.54 Å². The highest BCUT2D eigenvalue weighted by Gasteiger charge is 2.21. The van der Waals surface area contributed by atoms with E-state index in [9.17, 15) is 0 Å². The van der Waals surface area contributed by atoms with Gasteiger partial charge in [-0.25, -0.2) is 0 Å². The van der Waals surface area contributed by atoms with Gasteiger partial charge in [0.15, 0.2) is 0 Å². The summed E-state index contributed by atoms with van der Waals surface area (Å²) >= 11 is 1.85. The molecule has 2 heteroatoms. The maximum Gasteiger partial charge on any atom is 0.0336 e. The van der Waals surface area contributed by atoms with Gasteiger partial charge in [-0.1, -0.05) is 27.7 Å².